The van der Waals surface area contributed by atoms with Gasteiger partial charge in [-0.2, -0.15) is 0 Å². The number of hydrogen-bond donors (Lipinski definition) is 2. The molecule has 30 heavy (non-hydrogen) atoms. The summed E-state index contributed by atoms with van der Waals surface area (Å²) in [5, 5.41) is 5.40. The molecule has 2 rings (SSSR count). The molecule has 0 aliphatic carbocycles. The Hall–Kier alpha value is -3.55. The van der Waals surface area contributed by atoms with Gasteiger partial charge in [-0.1, -0.05) is 12.6 Å². The van der Waals surface area contributed by atoms with Gasteiger partial charge in [-0.25, -0.2) is 9.78 Å². The third kappa shape index (κ3) is 5.08. The van der Waals surface area contributed by atoms with Crippen LogP contribution in [0, 0.1) is 0 Å². The summed E-state index contributed by atoms with van der Waals surface area (Å²) in [6.45, 7) is 14.4. The van der Waals surface area contributed by atoms with Gasteiger partial charge >= 0.3 is 6.09 Å². The monoisotopic (exact) mass is 409 g/mol. The second-order valence-corrected chi connectivity index (χ2v) is 7.51. The SMILES string of the molecule is C=Cc1nc(C(C)NC(=O)OC(C)(C)C)c(-c2ccccn2)c(C(=O)NC)c1N=C. The molecule has 0 bridgehead atoms. The molecule has 0 aromatic carbocycles. The number of carbonyl (C=O) groups is 2. The number of carbonyl (C=O) groups excluding carboxylic acids is 2. The van der Waals surface area contributed by atoms with Gasteiger partial charge in [0, 0.05) is 18.8 Å². The normalized spacial score (nSPS) is 11.9. The number of alkyl carbamates (subject to hydrolysis) is 1. The smallest absolute Gasteiger partial charge is 0.408 e. The Kier molecular flexibility index (Phi) is 7.05. The van der Waals surface area contributed by atoms with Crippen molar-refractivity contribution < 1.29 is 14.3 Å². The standard InChI is InChI=1S/C22H27N5O3/c1-8-14-19(23-6)17(20(28)24-7)16(15-11-9-10-12-25-15)18(27-14)13(2)26-21(29)30-22(3,4)5/h8-13H,1,6H2,2-5,7H3,(H,24,28)(H,26,29). The number of aliphatic imine (C=N–C) groups is 1. The third-order valence-electron chi connectivity index (χ3n) is 4.10. The highest BCUT2D eigenvalue weighted by molar-refractivity contribution is 6.06. The molecule has 2 aromatic heterocycles. The van der Waals surface area contributed by atoms with Crippen LogP contribution in [0.25, 0.3) is 17.3 Å². The Morgan fingerprint density at radius 2 is 2.00 bits per heavy atom. The van der Waals surface area contributed by atoms with Crippen LogP contribution in [0.3, 0.4) is 0 Å². The van der Waals surface area contributed by atoms with Crippen molar-refractivity contribution in [1.29, 1.82) is 0 Å². The van der Waals surface area contributed by atoms with Crippen molar-refractivity contribution in [3.05, 3.63) is 47.9 Å². The van der Waals surface area contributed by atoms with Crippen LogP contribution in [0.5, 0.6) is 0 Å². The lowest BCUT2D eigenvalue weighted by Gasteiger charge is -2.24. The lowest BCUT2D eigenvalue weighted by molar-refractivity contribution is 0.0507. The first-order valence-corrected chi connectivity index (χ1v) is 9.43. The third-order valence-corrected chi connectivity index (χ3v) is 4.10. The average molecular weight is 409 g/mol. The van der Waals surface area contributed by atoms with Gasteiger partial charge < -0.3 is 15.4 Å². The van der Waals surface area contributed by atoms with Crippen molar-refractivity contribution >= 4 is 30.5 Å². The van der Waals surface area contributed by atoms with Gasteiger partial charge in [0.05, 0.1) is 28.7 Å². The van der Waals surface area contributed by atoms with Crippen LogP contribution >= 0.6 is 0 Å². The summed E-state index contributed by atoms with van der Waals surface area (Å²) in [6, 6.07) is 4.73. The van der Waals surface area contributed by atoms with Crippen molar-refractivity contribution in [2.75, 3.05) is 7.05 Å². The Balaban J connectivity index is 2.75. The van der Waals surface area contributed by atoms with E-state index < -0.39 is 17.7 Å². The maximum absolute atomic E-state index is 12.8. The molecule has 0 saturated carbocycles. The first kappa shape index (κ1) is 22.7. The second kappa shape index (κ2) is 9.30. The van der Waals surface area contributed by atoms with E-state index in [0.29, 0.717) is 28.3 Å². The second-order valence-electron chi connectivity index (χ2n) is 7.51. The maximum Gasteiger partial charge on any atom is 0.408 e. The number of pyridine rings is 2. The van der Waals surface area contributed by atoms with E-state index in [1.54, 1.807) is 52.1 Å². The van der Waals surface area contributed by atoms with Gasteiger partial charge in [0.15, 0.2) is 0 Å². The van der Waals surface area contributed by atoms with E-state index in [9.17, 15) is 9.59 Å². The molecule has 0 spiro atoms. The van der Waals surface area contributed by atoms with Gasteiger partial charge in [-0.15, -0.1) is 0 Å². The summed E-state index contributed by atoms with van der Waals surface area (Å²) < 4.78 is 5.35. The largest absolute Gasteiger partial charge is 0.444 e. The van der Waals surface area contributed by atoms with E-state index in [-0.39, 0.29) is 11.5 Å². The van der Waals surface area contributed by atoms with Crippen molar-refractivity contribution in [3.8, 4) is 11.3 Å². The maximum atomic E-state index is 12.8. The van der Waals surface area contributed by atoms with E-state index >= 15 is 0 Å². The summed E-state index contributed by atoms with van der Waals surface area (Å²) in [5.74, 6) is -0.380. The number of amides is 2. The lowest BCUT2D eigenvalue weighted by atomic mass is 9.95. The van der Waals surface area contributed by atoms with E-state index in [0.717, 1.165) is 0 Å². The summed E-state index contributed by atoms with van der Waals surface area (Å²) in [7, 11) is 1.52. The molecule has 0 radical (unpaired) electrons. The van der Waals surface area contributed by atoms with Crippen LogP contribution in [0.15, 0.2) is 36.0 Å². The molecule has 8 nitrogen and oxygen atoms in total. The minimum absolute atomic E-state index is 0.254. The molecule has 158 valence electrons. The van der Waals surface area contributed by atoms with Crippen molar-refractivity contribution in [2.24, 2.45) is 4.99 Å². The minimum atomic E-state index is -0.656. The van der Waals surface area contributed by atoms with Crippen LogP contribution in [-0.2, 0) is 4.74 Å². The van der Waals surface area contributed by atoms with Crippen LogP contribution in [0.4, 0.5) is 10.5 Å². The fourth-order valence-electron chi connectivity index (χ4n) is 2.90. The van der Waals surface area contributed by atoms with Gasteiger partial charge in [0.2, 0.25) is 0 Å². The Bertz CT molecular complexity index is 965. The molecule has 2 amide bonds. The summed E-state index contributed by atoms with van der Waals surface area (Å²) in [4.78, 5) is 38.2. The Labute approximate surface area is 176 Å². The fourth-order valence-corrected chi connectivity index (χ4v) is 2.90. The number of rotatable bonds is 6. The summed E-state index contributed by atoms with van der Waals surface area (Å²) in [6.07, 6.45) is 2.50. The summed E-state index contributed by atoms with van der Waals surface area (Å²) >= 11 is 0. The highest BCUT2D eigenvalue weighted by atomic mass is 16.6. The fraction of sp³-hybridized carbons (Fsp3) is 0.318. The van der Waals surface area contributed by atoms with E-state index in [4.69, 9.17) is 4.74 Å². The topological polar surface area (TPSA) is 106 Å². The van der Waals surface area contributed by atoms with Crippen molar-refractivity contribution in [1.82, 2.24) is 20.6 Å². The quantitative estimate of drug-likeness (QED) is 0.700. The molecule has 0 aliphatic heterocycles. The number of aromatic nitrogens is 2. The zero-order chi connectivity index (χ0) is 22.5. The molecule has 0 fully saturated rings. The number of ether oxygens (including phenoxy) is 1. The van der Waals surface area contributed by atoms with Crippen molar-refractivity contribution in [2.45, 2.75) is 39.3 Å². The Morgan fingerprint density at radius 1 is 1.30 bits per heavy atom. The molecule has 2 N–H and O–H groups in total. The molecular formula is C22H27N5O3. The number of nitrogens with one attached hydrogen (secondary N) is 2. The Morgan fingerprint density at radius 3 is 2.50 bits per heavy atom. The zero-order valence-corrected chi connectivity index (χ0v) is 17.9. The first-order valence-electron chi connectivity index (χ1n) is 9.43. The van der Waals surface area contributed by atoms with Crippen LogP contribution in [0.1, 0.15) is 55.5 Å². The molecule has 1 unspecified atom stereocenters. The zero-order valence-electron chi connectivity index (χ0n) is 17.9. The van der Waals surface area contributed by atoms with Gasteiger partial charge in [0.25, 0.3) is 5.91 Å². The molecule has 2 heterocycles. The van der Waals surface area contributed by atoms with Gasteiger partial charge in [-0.05, 0) is 52.6 Å². The molecule has 2 aromatic rings. The van der Waals surface area contributed by atoms with E-state index in [1.807, 2.05) is 0 Å². The van der Waals surface area contributed by atoms with Crippen LogP contribution < -0.4 is 10.6 Å². The molecular weight excluding hydrogens is 382 g/mol. The number of nitrogens with zero attached hydrogens (tertiary/aromatic N) is 3. The summed E-state index contributed by atoms with van der Waals surface area (Å²) in [5.41, 5.74) is 1.65. The first-order chi connectivity index (χ1) is 14.1. The van der Waals surface area contributed by atoms with Gasteiger partial charge in [-0.3, -0.25) is 14.8 Å². The van der Waals surface area contributed by atoms with Gasteiger partial charge in [0.1, 0.15) is 11.3 Å². The van der Waals surface area contributed by atoms with E-state index in [2.05, 4.69) is 38.9 Å². The van der Waals surface area contributed by atoms with Crippen LogP contribution in [-0.4, -0.2) is 41.3 Å². The minimum Gasteiger partial charge on any atom is -0.444 e. The predicted octanol–water partition coefficient (Wildman–Crippen LogP) is 4.06. The lowest BCUT2D eigenvalue weighted by Crippen LogP contribution is -2.34. The molecule has 8 heteroatoms. The molecule has 1 atom stereocenters. The number of hydrogen-bond acceptors (Lipinski definition) is 6. The average Bonchev–Trinajstić information content (AvgIpc) is 2.70. The predicted molar refractivity (Wildman–Crippen MR) is 118 cm³/mol. The van der Waals surface area contributed by atoms with E-state index in [1.165, 1.54) is 13.1 Å². The molecule has 0 aliphatic rings. The van der Waals surface area contributed by atoms with Crippen molar-refractivity contribution in [3.63, 3.8) is 0 Å². The molecule has 0 saturated heterocycles. The highest BCUT2D eigenvalue weighted by Gasteiger charge is 2.28. The highest BCUT2D eigenvalue weighted by Crippen LogP contribution is 2.37. The van der Waals surface area contributed by atoms with Crippen LogP contribution in [0.2, 0.25) is 0 Å².